The van der Waals surface area contributed by atoms with E-state index in [4.69, 9.17) is 4.74 Å². The molecule has 0 saturated heterocycles. The molecule has 1 aliphatic rings. The van der Waals surface area contributed by atoms with Crippen LogP contribution in [-0.4, -0.2) is 30.8 Å². The number of ketones is 1. The van der Waals surface area contributed by atoms with Gasteiger partial charge in [0.25, 0.3) is 5.91 Å². The molecular formula is C25H29NO4. The van der Waals surface area contributed by atoms with Crippen molar-refractivity contribution in [1.82, 2.24) is 5.32 Å². The molecule has 1 aliphatic carbocycles. The van der Waals surface area contributed by atoms with Crippen molar-refractivity contribution in [2.24, 2.45) is 0 Å². The lowest BCUT2D eigenvalue weighted by Gasteiger charge is -2.16. The largest absolute Gasteiger partial charge is 0.456 e. The first-order chi connectivity index (χ1) is 14.6. The first-order valence-corrected chi connectivity index (χ1v) is 10.7. The van der Waals surface area contributed by atoms with Crippen molar-refractivity contribution in [2.75, 3.05) is 13.2 Å². The molecule has 158 valence electrons. The predicted octanol–water partition coefficient (Wildman–Crippen LogP) is 3.82. The summed E-state index contributed by atoms with van der Waals surface area (Å²) in [5.74, 6) is -0.913. The van der Waals surface area contributed by atoms with Crippen LogP contribution in [0.15, 0.2) is 48.5 Å². The molecule has 0 spiro atoms. The minimum atomic E-state index is -0.527. The maximum Gasteiger partial charge on any atom is 0.306 e. The molecule has 0 unspecified atom stereocenters. The van der Waals surface area contributed by atoms with Gasteiger partial charge in [-0.2, -0.15) is 0 Å². The Hall–Kier alpha value is -2.95. The Kier molecular flexibility index (Phi) is 8.19. The van der Waals surface area contributed by atoms with E-state index in [9.17, 15) is 14.4 Å². The number of hydrogen-bond donors (Lipinski definition) is 1. The molecular weight excluding hydrogens is 378 g/mol. The van der Waals surface area contributed by atoms with Crippen molar-refractivity contribution >= 4 is 17.7 Å². The lowest BCUT2D eigenvalue weighted by Crippen LogP contribution is -2.29. The number of ether oxygens (including phenoxy) is 1. The van der Waals surface area contributed by atoms with Gasteiger partial charge in [-0.05, 0) is 61.3 Å². The average Bonchev–Trinajstić information content (AvgIpc) is 2.79. The fraction of sp³-hybridized carbons (Fsp3) is 0.400. The highest BCUT2D eigenvalue weighted by Gasteiger charge is 2.15. The lowest BCUT2D eigenvalue weighted by molar-refractivity contribution is -0.148. The summed E-state index contributed by atoms with van der Waals surface area (Å²) in [4.78, 5) is 36.1. The van der Waals surface area contributed by atoms with Gasteiger partial charge in [-0.25, -0.2) is 0 Å². The van der Waals surface area contributed by atoms with Gasteiger partial charge in [-0.3, -0.25) is 14.4 Å². The number of carbonyl (C=O) groups excluding carboxylic acids is 3. The van der Waals surface area contributed by atoms with E-state index in [0.717, 1.165) is 32.1 Å². The Morgan fingerprint density at radius 3 is 2.47 bits per heavy atom. The molecule has 0 bridgehead atoms. The molecule has 0 heterocycles. The molecule has 3 rings (SSSR count). The highest BCUT2D eigenvalue weighted by Crippen LogP contribution is 2.23. The fourth-order valence-electron chi connectivity index (χ4n) is 3.70. The molecule has 5 heteroatoms. The molecule has 0 aliphatic heterocycles. The van der Waals surface area contributed by atoms with E-state index < -0.39 is 5.97 Å². The van der Waals surface area contributed by atoms with Crippen LogP contribution in [0.2, 0.25) is 0 Å². The zero-order chi connectivity index (χ0) is 21.2. The Balaban J connectivity index is 1.30. The van der Waals surface area contributed by atoms with Gasteiger partial charge in [0.1, 0.15) is 0 Å². The Bertz CT molecular complexity index is 876. The monoisotopic (exact) mass is 407 g/mol. The third-order valence-electron chi connectivity index (χ3n) is 5.40. The Labute approximate surface area is 177 Å². The molecule has 5 nitrogen and oxygen atoms in total. The molecule has 1 amide bonds. The number of hydrogen-bond acceptors (Lipinski definition) is 4. The van der Waals surface area contributed by atoms with Crippen LogP contribution in [0, 0.1) is 0 Å². The number of esters is 1. The second-order valence-corrected chi connectivity index (χ2v) is 7.71. The van der Waals surface area contributed by atoms with E-state index >= 15 is 0 Å². The predicted molar refractivity (Wildman–Crippen MR) is 115 cm³/mol. The van der Waals surface area contributed by atoms with Crippen LogP contribution in [0.4, 0.5) is 0 Å². The standard InChI is InChI=1S/C25H29NO4/c27-23(22-13-12-20-10-4-5-11-21(20)17-22)14-15-25(29)30-18-24(28)26-16-6-9-19-7-2-1-3-8-19/h1-3,7-8,12-13,17H,4-6,9-11,14-16,18H2,(H,26,28). The van der Waals surface area contributed by atoms with Crippen LogP contribution in [0.25, 0.3) is 0 Å². The summed E-state index contributed by atoms with van der Waals surface area (Å²) in [5.41, 5.74) is 4.45. The number of fused-ring (bicyclic) bond motifs is 1. The minimum absolute atomic E-state index is 0.0167. The summed E-state index contributed by atoms with van der Waals surface area (Å²) in [6.07, 6.45) is 6.22. The zero-order valence-electron chi connectivity index (χ0n) is 17.3. The number of rotatable bonds is 10. The van der Waals surface area contributed by atoms with Crippen molar-refractivity contribution in [2.45, 2.75) is 51.4 Å². The second-order valence-electron chi connectivity index (χ2n) is 7.71. The number of carbonyl (C=O) groups is 3. The molecule has 30 heavy (non-hydrogen) atoms. The number of aryl methyl sites for hydroxylation is 3. The van der Waals surface area contributed by atoms with Gasteiger partial charge < -0.3 is 10.1 Å². The van der Waals surface area contributed by atoms with Gasteiger partial charge in [0.2, 0.25) is 0 Å². The van der Waals surface area contributed by atoms with Crippen LogP contribution in [0.5, 0.6) is 0 Å². The zero-order valence-corrected chi connectivity index (χ0v) is 17.3. The Morgan fingerprint density at radius 2 is 1.67 bits per heavy atom. The molecule has 0 aromatic heterocycles. The lowest BCUT2D eigenvalue weighted by atomic mass is 9.89. The van der Waals surface area contributed by atoms with Crippen molar-refractivity contribution in [3.63, 3.8) is 0 Å². The van der Waals surface area contributed by atoms with Crippen LogP contribution in [0.3, 0.4) is 0 Å². The van der Waals surface area contributed by atoms with E-state index in [1.807, 2.05) is 36.4 Å². The highest BCUT2D eigenvalue weighted by molar-refractivity contribution is 5.97. The first-order valence-electron chi connectivity index (χ1n) is 10.7. The smallest absolute Gasteiger partial charge is 0.306 e. The third kappa shape index (κ3) is 6.83. The van der Waals surface area contributed by atoms with Gasteiger partial charge in [0.05, 0.1) is 6.42 Å². The average molecular weight is 408 g/mol. The van der Waals surface area contributed by atoms with Crippen LogP contribution >= 0.6 is 0 Å². The first kappa shape index (κ1) is 21.8. The maximum atomic E-state index is 12.4. The summed E-state index contributed by atoms with van der Waals surface area (Å²) in [7, 11) is 0. The van der Waals surface area contributed by atoms with Crippen molar-refractivity contribution in [3.8, 4) is 0 Å². The molecule has 0 saturated carbocycles. The van der Waals surface area contributed by atoms with Gasteiger partial charge >= 0.3 is 5.97 Å². The number of nitrogens with one attached hydrogen (secondary N) is 1. The topological polar surface area (TPSA) is 72.5 Å². The van der Waals surface area contributed by atoms with E-state index in [2.05, 4.69) is 17.4 Å². The number of amides is 1. The van der Waals surface area contributed by atoms with Crippen molar-refractivity contribution < 1.29 is 19.1 Å². The van der Waals surface area contributed by atoms with Crippen LogP contribution < -0.4 is 5.32 Å². The summed E-state index contributed by atoms with van der Waals surface area (Å²) in [6.45, 7) is 0.222. The molecule has 1 N–H and O–H groups in total. The van der Waals surface area contributed by atoms with Crippen LogP contribution in [-0.2, 0) is 33.6 Å². The molecule has 0 atom stereocenters. The van der Waals surface area contributed by atoms with Gasteiger partial charge in [0.15, 0.2) is 12.4 Å². The summed E-state index contributed by atoms with van der Waals surface area (Å²) in [5, 5.41) is 2.74. The molecule has 0 radical (unpaired) electrons. The van der Waals surface area contributed by atoms with Crippen molar-refractivity contribution in [3.05, 3.63) is 70.8 Å². The molecule has 2 aromatic carbocycles. The van der Waals surface area contributed by atoms with Gasteiger partial charge in [0, 0.05) is 18.5 Å². The molecule has 2 aromatic rings. The van der Waals surface area contributed by atoms with E-state index in [-0.39, 0.29) is 31.1 Å². The SMILES string of the molecule is O=C(COC(=O)CCC(=O)c1ccc2c(c1)CCCC2)NCCCc1ccccc1. The normalized spacial score (nSPS) is 12.7. The van der Waals surface area contributed by atoms with E-state index in [0.29, 0.717) is 12.1 Å². The van der Waals surface area contributed by atoms with Gasteiger partial charge in [-0.15, -0.1) is 0 Å². The maximum absolute atomic E-state index is 12.4. The fourth-order valence-corrected chi connectivity index (χ4v) is 3.70. The van der Waals surface area contributed by atoms with E-state index in [1.54, 1.807) is 0 Å². The summed E-state index contributed by atoms with van der Waals surface area (Å²) < 4.78 is 4.99. The van der Waals surface area contributed by atoms with Crippen LogP contribution in [0.1, 0.15) is 59.2 Å². The summed E-state index contributed by atoms with van der Waals surface area (Å²) >= 11 is 0. The van der Waals surface area contributed by atoms with Crippen molar-refractivity contribution in [1.29, 1.82) is 0 Å². The van der Waals surface area contributed by atoms with Gasteiger partial charge in [-0.1, -0.05) is 42.5 Å². The number of benzene rings is 2. The summed E-state index contributed by atoms with van der Waals surface area (Å²) in [6, 6.07) is 15.9. The number of Topliss-reactive ketones (excluding diaryl/α,β-unsaturated/α-hetero) is 1. The minimum Gasteiger partial charge on any atom is -0.456 e. The molecule has 0 fully saturated rings. The van der Waals surface area contributed by atoms with E-state index in [1.165, 1.54) is 23.1 Å². The second kappa shape index (κ2) is 11.3. The Morgan fingerprint density at radius 1 is 0.900 bits per heavy atom. The highest BCUT2D eigenvalue weighted by atomic mass is 16.5. The quantitative estimate of drug-likeness (QED) is 0.369. The third-order valence-corrected chi connectivity index (χ3v) is 5.40.